The number of carbonyl (C=O) groups excluding carboxylic acids is 2. The lowest BCUT2D eigenvalue weighted by Gasteiger charge is -2.26. The van der Waals surface area contributed by atoms with Crippen LogP contribution in [-0.4, -0.2) is 75.0 Å². The van der Waals surface area contributed by atoms with Gasteiger partial charge >= 0.3 is 0 Å². The van der Waals surface area contributed by atoms with Gasteiger partial charge in [-0.3, -0.25) is 9.59 Å². The lowest BCUT2D eigenvalue weighted by Crippen LogP contribution is -2.40. The van der Waals surface area contributed by atoms with E-state index in [1.165, 1.54) is 30.8 Å². The molecule has 3 aromatic rings. The van der Waals surface area contributed by atoms with Crippen molar-refractivity contribution < 1.29 is 23.8 Å². The third kappa shape index (κ3) is 6.94. The number of halogens is 1. The maximum atomic E-state index is 13.7. The minimum atomic E-state index is -0.349. The molecule has 2 N–H and O–H groups in total. The number of hydrogen-bond acceptors (Lipinski definition) is 7. The van der Waals surface area contributed by atoms with Crippen LogP contribution in [0.2, 0.25) is 0 Å². The van der Waals surface area contributed by atoms with Gasteiger partial charge in [-0.2, -0.15) is 0 Å². The second-order valence-electron chi connectivity index (χ2n) is 8.53. The largest absolute Gasteiger partial charge is 0.396 e. The van der Waals surface area contributed by atoms with Crippen molar-refractivity contribution >= 4 is 29.4 Å². The SMILES string of the molecule is CC(=O)Nc1cc(-c2c(-c3ccc(F)cc3)nc(SCCC(=O)N3CCOCC3)n2CCCO)ccn1. The van der Waals surface area contributed by atoms with Gasteiger partial charge in [0.15, 0.2) is 5.16 Å². The zero-order valence-corrected chi connectivity index (χ0v) is 21.5. The lowest BCUT2D eigenvalue weighted by molar-refractivity contribution is -0.134. The normalized spacial score (nSPS) is 13.5. The molecule has 3 heterocycles. The third-order valence-corrected chi connectivity index (χ3v) is 6.82. The number of anilines is 1. The Balaban J connectivity index is 1.69. The number of carbonyl (C=O) groups is 2. The summed E-state index contributed by atoms with van der Waals surface area (Å²) in [6, 6.07) is 9.69. The molecule has 1 aliphatic rings. The monoisotopic (exact) mass is 527 g/mol. The zero-order valence-electron chi connectivity index (χ0n) is 20.7. The van der Waals surface area contributed by atoms with E-state index in [0.717, 1.165) is 16.8 Å². The fourth-order valence-electron chi connectivity index (χ4n) is 4.11. The lowest BCUT2D eigenvalue weighted by atomic mass is 10.1. The number of rotatable bonds is 10. The molecule has 2 amide bonds. The van der Waals surface area contributed by atoms with Crippen LogP contribution in [0.15, 0.2) is 47.8 Å². The molecule has 0 atom stereocenters. The van der Waals surface area contributed by atoms with Gasteiger partial charge in [0.1, 0.15) is 11.6 Å². The van der Waals surface area contributed by atoms with Crippen molar-refractivity contribution in [3.8, 4) is 22.5 Å². The molecule has 196 valence electrons. The minimum absolute atomic E-state index is 0.00336. The highest BCUT2D eigenvalue weighted by Gasteiger charge is 2.22. The number of thioether (sulfide) groups is 1. The number of imidazole rings is 1. The Labute approximate surface area is 219 Å². The topological polar surface area (TPSA) is 110 Å². The Morgan fingerprint density at radius 1 is 1.16 bits per heavy atom. The van der Waals surface area contributed by atoms with Crippen molar-refractivity contribution in [3.05, 3.63) is 48.4 Å². The van der Waals surface area contributed by atoms with Gasteiger partial charge in [-0.25, -0.2) is 14.4 Å². The van der Waals surface area contributed by atoms with Gasteiger partial charge in [0.05, 0.1) is 24.6 Å². The van der Waals surface area contributed by atoms with E-state index in [4.69, 9.17) is 9.72 Å². The van der Waals surface area contributed by atoms with Crippen LogP contribution in [0.5, 0.6) is 0 Å². The second kappa shape index (κ2) is 12.8. The number of ether oxygens (including phenoxy) is 1. The van der Waals surface area contributed by atoms with Gasteiger partial charge in [0.25, 0.3) is 0 Å². The van der Waals surface area contributed by atoms with Gasteiger partial charge in [-0.1, -0.05) is 11.8 Å². The van der Waals surface area contributed by atoms with E-state index in [-0.39, 0.29) is 24.2 Å². The first-order chi connectivity index (χ1) is 18.0. The summed E-state index contributed by atoms with van der Waals surface area (Å²) in [7, 11) is 0. The Bertz CT molecular complexity index is 1230. The number of morpholine rings is 1. The van der Waals surface area contributed by atoms with Gasteiger partial charge in [0.2, 0.25) is 11.8 Å². The summed E-state index contributed by atoms with van der Waals surface area (Å²) in [5.41, 5.74) is 2.89. The highest BCUT2D eigenvalue weighted by molar-refractivity contribution is 7.99. The molecule has 9 nitrogen and oxygen atoms in total. The number of benzene rings is 1. The van der Waals surface area contributed by atoms with Crippen molar-refractivity contribution in [2.75, 3.05) is 44.0 Å². The average Bonchev–Trinajstić information content (AvgIpc) is 3.26. The molecule has 4 rings (SSSR count). The number of hydrogen-bond donors (Lipinski definition) is 2. The molecule has 37 heavy (non-hydrogen) atoms. The van der Waals surface area contributed by atoms with Gasteiger partial charge in [0, 0.05) is 62.7 Å². The molecule has 1 fully saturated rings. The number of amides is 2. The summed E-state index contributed by atoms with van der Waals surface area (Å²) >= 11 is 1.46. The van der Waals surface area contributed by atoms with E-state index in [2.05, 4.69) is 10.3 Å². The summed E-state index contributed by atoms with van der Waals surface area (Å²) < 4.78 is 21.0. The molecule has 11 heteroatoms. The number of aliphatic hydroxyl groups is 1. The van der Waals surface area contributed by atoms with Crippen LogP contribution in [-0.2, 0) is 20.9 Å². The van der Waals surface area contributed by atoms with Gasteiger partial charge < -0.3 is 24.6 Å². The molecule has 1 saturated heterocycles. The van der Waals surface area contributed by atoms with E-state index in [0.29, 0.717) is 68.1 Å². The quantitative estimate of drug-likeness (QED) is 0.389. The van der Waals surface area contributed by atoms with Crippen LogP contribution < -0.4 is 5.32 Å². The number of aliphatic hydroxyl groups excluding tert-OH is 1. The summed E-state index contributed by atoms with van der Waals surface area (Å²) in [4.78, 5) is 35.2. The standard InChI is InChI=1S/C26H30FN5O4S/c1-18(34)29-22-17-20(7-9-28-22)25-24(19-3-5-21(27)6-4-19)30-26(32(25)10-2-13-33)37-16-8-23(35)31-11-14-36-15-12-31/h3-7,9,17,33H,2,8,10-16H2,1H3,(H,28,29,34). The fourth-order valence-corrected chi connectivity index (χ4v) is 5.06. The Morgan fingerprint density at radius 3 is 2.62 bits per heavy atom. The Hall–Kier alpha value is -3.28. The molecule has 0 unspecified atom stereocenters. The van der Waals surface area contributed by atoms with Crippen LogP contribution in [0.25, 0.3) is 22.5 Å². The molecule has 0 aliphatic carbocycles. The number of nitrogens with one attached hydrogen (secondary N) is 1. The van der Waals surface area contributed by atoms with E-state index in [1.807, 2.05) is 15.5 Å². The van der Waals surface area contributed by atoms with E-state index < -0.39 is 0 Å². The Morgan fingerprint density at radius 2 is 1.92 bits per heavy atom. The van der Waals surface area contributed by atoms with Crippen molar-refractivity contribution in [3.63, 3.8) is 0 Å². The van der Waals surface area contributed by atoms with Crippen molar-refractivity contribution in [2.45, 2.75) is 31.5 Å². The van der Waals surface area contributed by atoms with Gasteiger partial charge in [-0.15, -0.1) is 0 Å². The smallest absolute Gasteiger partial charge is 0.223 e. The predicted molar refractivity (Wildman–Crippen MR) is 140 cm³/mol. The third-order valence-electron chi connectivity index (χ3n) is 5.84. The van der Waals surface area contributed by atoms with Crippen LogP contribution >= 0.6 is 11.8 Å². The summed E-state index contributed by atoms with van der Waals surface area (Å²) in [6.45, 7) is 4.21. The maximum Gasteiger partial charge on any atom is 0.223 e. The number of nitrogens with zero attached hydrogens (tertiary/aromatic N) is 4. The fraction of sp³-hybridized carbons (Fsp3) is 0.385. The predicted octanol–water partition coefficient (Wildman–Crippen LogP) is 3.43. The second-order valence-corrected chi connectivity index (χ2v) is 9.59. The van der Waals surface area contributed by atoms with Crippen molar-refractivity contribution in [1.29, 1.82) is 0 Å². The van der Waals surface area contributed by atoms with Crippen LogP contribution in [0.1, 0.15) is 19.8 Å². The summed E-state index contributed by atoms with van der Waals surface area (Å²) in [5, 5.41) is 13.0. The average molecular weight is 528 g/mol. The molecular weight excluding hydrogens is 497 g/mol. The first-order valence-electron chi connectivity index (χ1n) is 12.2. The van der Waals surface area contributed by atoms with Crippen LogP contribution in [0.4, 0.5) is 10.2 Å². The zero-order chi connectivity index (χ0) is 26.2. The Kier molecular flexibility index (Phi) is 9.26. The summed E-state index contributed by atoms with van der Waals surface area (Å²) in [5.74, 6) is 0.423. The minimum Gasteiger partial charge on any atom is -0.396 e. The highest BCUT2D eigenvalue weighted by atomic mass is 32.2. The summed E-state index contributed by atoms with van der Waals surface area (Å²) in [6.07, 6.45) is 2.46. The molecular formula is C26H30FN5O4S. The maximum absolute atomic E-state index is 13.7. The van der Waals surface area contributed by atoms with Crippen molar-refractivity contribution in [2.24, 2.45) is 0 Å². The molecule has 1 aliphatic heterocycles. The first kappa shape index (κ1) is 26.8. The van der Waals surface area contributed by atoms with Crippen molar-refractivity contribution in [1.82, 2.24) is 19.4 Å². The van der Waals surface area contributed by atoms with Gasteiger partial charge in [-0.05, 0) is 42.8 Å². The molecule has 0 spiro atoms. The highest BCUT2D eigenvalue weighted by Crippen LogP contribution is 2.37. The van der Waals surface area contributed by atoms with E-state index in [9.17, 15) is 19.1 Å². The molecule has 0 bridgehead atoms. The van der Waals surface area contributed by atoms with Crippen LogP contribution in [0, 0.1) is 5.82 Å². The number of pyridine rings is 1. The number of aromatic nitrogens is 3. The van der Waals surface area contributed by atoms with E-state index >= 15 is 0 Å². The molecule has 1 aromatic carbocycles. The van der Waals surface area contributed by atoms with Crippen LogP contribution in [0.3, 0.4) is 0 Å². The first-order valence-corrected chi connectivity index (χ1v) is 13.1. The molecule has 2 aromatic heterocycles. The van der Waals surface area contributed by atoms with E-state index in [1.54, 1.807) is 24.4 Å². The molecule has 0 radical (unpaired) electrons. The molecule has 0 saturated carbocycles.